The average molecular weight is 320 g/mol. The third-order valence-corrected chi connectivity index (χ3v) is 2.81. The molecular formula is C18H28SiTi-4. The first-order valence-electron chi connectivity index (χ1n) is 6.50. The predicted molar refractivity (Wildman–Crippen MR) is 89.3 cm³/mol. The molecule has 112 valence electrons. The molecule has 0 saturated carbocycles. The van der Waals surface area contributed by atoms with Crippen LogP contribution in [0, 0.1) is 38.8 Å². The molecule has 2 atom stereocenters. The van der Waals surface area contributed by atoms with Crippen molar-refractivity contribution >= 4 is 7.63 Å². The fourth-order valence-electron chi connectivity index (χ4n) is 1.75. The summed E-state index contributed by atoms with van der Waals surface area (Å²) in [7, 11) is 2.97. The van der Waals surface area contributed by atoms with Gasteiger partial charge in [-0.3, -0.25) is 12.2 Å². The van der Waals surface area contributed by atoms with Gasteiger partial charge in [0.1, 0.15) is 0 Å². The van der Waals surface area contributed by atoms with Crippen molar-refractivity contribution in [3.63, 3.8) is 0 Å². The van der Waals surface area contributed by atoms with E-state index in [4.69, 9.17) is 0 Å². The molecule has 2 radical (unpaired) electrons. The molecule has 0 aromatic carbocycles. The molecule has 0 aliphatic heterocycles. The topological polar surface area (TPSA) is 0 Å². The van der Waals surface area contributed by atoms with Gasteiger partial charge < -0.3 is 14.9 Å². The SMILES string of the molecule is CCC1=CC(C)[C-]=C1.CCC1=CC(C)[C-]=C1.[CH3-].[CH3-].[Si]=[Ti]. The summed E-state index contributed by atoms with van der Waals surface area (Å²) in [4.78, 5) is 0. The van der Waals surface area contributed by atoms with Gasteiger partial charge in [0.2, 0.25) is 0 Å². The minimum absolute atomic E-state index is 0. The van der Waals surface area contributed by atoms with Crippen LogP contribution in [-0.4, -0.2) is 7.63 Å². The number of rotatable bonds is 2. The van der Waals surface area contributed by atoms with Gasteiger partial charge in [-0.2, -0.15) is 12.2 Å². The summed E-state index contributed by atoms with van der Waals surface area (Å²) in [5, 5.41) is 0. The zero-order valence-electron chi connectivity index (χ0n) is 13.9. The normalized spacial score (nSPS) is 21.1. The van der Waals surface area contributed by atoms with Crippen molar-refractivity contribution in [2.75, 3.05) is 0 Å². The second-order valence-electron chi connectivity index (χ2n) is 4.39. The first-order valence-corrected chi connectivity index (χ1v) is 9.34. The van der Waals surface area contributed by atoms with Crippen LogP contribution in [-0.2, 0) is 19.2 Å². The van der Waals surface area contributed by atoms with Crippen molar-refractivity contribution in [1.29, 1.82) is 0 Å². The van der Waals surface area contributed by atoms with Crippen LogP contribution in [0.25, 0.3) is 0 Å². The van der Waals surface area contributed by atoms with Gasteiger partial charge in [-0.1, -0.05) is 52.4 Å². The first kappa shape index (κ1) is 24.9. The molecular weight excluding hydrogens is 292 g/mol. The Morgan fingerprint density at radius 3 is 1.30 bits per heavy atom. The van der Waals surface area contributed by atoms with Gasteiger partial charge in [0.15, 0.2) is 0 Å². The van der Waals surface area contributed by atoms with Gasteiger partial charge in [-0.05, 0) is 0 Å². The summed E-state index contributed by atoms with van der Waals surface area (Å²) in [6, 6.07) is 0. The van der Waals surface area contributed by atoms with Crippen LogP contribution in [0.15, 0.2) is 35.5 Å². The van der Waals surface area contributed by atoms with E-state index in [2.05, 4.69) is 71.8 Å². The van der Waals surface area contributed by atoms with E-state index in [1.54, 1.807) is 19.2 Å². The molecule has 0 nitrogen and oxygen atoms in total. The van der Waals surface area contributed by atoms with E-state index < -0.39 is 0 Å². The third kappa shape index (κ3) is 10.7. The summed E-state index contributed by atoms with van der Waals surface area (Å²) in [5.74, 6) is 1.12. The minimum atomic E-state index is 0. The Kier molecular flexibility index (Phi) is 19.0. The fourth-order valence-corrected chi connectivity index (χ4v) is 1.75. The molecule has 2 unspecified atom stereocenters. The van der Waals surface area contributed by atoms with E-state index in [1.165, 1.54) is 11.1 Å². The number of hydrogen-bond acceptors (Lipinski definition) is 0. The van der Waals surface area contributed by atoms with Gasteiger partial charge in [0.25, 0.3) is 0 Å². The zero-order chi connectivity index (χ0) is 14.0. The molecule has 2 heteroatoms. The molecule has 0 heterocycles. The summed E-state index contributed by atoms with van der Waals surface area (Å²) in [6.07, 6.45) is 17.4. The molecule has 0 spiro atoms. The van der Waals surface area contributed by atoms with E-state index in [0.717, 1.165) is 12.8 Å². The van der Waals surface area contributed by atoms with Gasteiger partial charge >= 0.3 is 26.8 Å². The molecule has 0 saturated heterocycles. The van der Waals surface area contributed by atoms with E-state index >= 15 is 0 Å². The third-order valence-electron chi connectivity index (χ3n) is 2.81. The van der Waals surface area contributed by atoms with Crippen molar-refractivity contribution in [2.45, 2.75) is 40.5 Å². The van der Waals surface area contributed by atoms with Crippen molar-refractivity contribution in [3.05, 3.63) is 62.5 Å². The van der Waals surface area contributed by atoms with E-state index in [0.29, 0.717) is 11.8 Å². The Morgan fingerprint density at radius 1 is 0.900 bits per heavy atom. The van der Waals surface area contributed by atoms with Crippen molar-refractivity contribution < 1.29 is 19.2 Å². The molecule has 0 aromatic heterocycles. The second kappa shape index (κ2) is 15.3. The first-order chi connectivity index (χ1) is 8.65. The summed E-state index contributed by atoms with van der Waals surface area (Å²) < 4.78 is 0. The molecule has 2 rings (SSSR count). The Morgan fingerprint density at radius 2 is 1.20 bits per heavy atom. The maximum absolute atomic E-state index is 3.20. The van der Waals surface area contributed by atoms with Crippen molar-refractivity contribution in [2.24, 2.45) is 11.8 Å². The van der Waals surface area contributed by atoms with Crippen LogP contribution in [0.2, 0.25) is 0 Å². The molecule has 2 aliphatic rings. The maximum atomic E-state index is 3.20. The molecule has 0 N–H and O–H groups in total. The van der Waals surface area contributed by atoms with Gasteiger partial charge in [0.05, 0.1) is 0 Å². The van der Waals surface area contributed by atoms with Crippen LogP contribution in [0.4, 0.5) is 0 Å². The van der Waals surface area contributed by atoms with E-state index in [1.807, 2.05) is 0 Å². The van der Waals surface area contributed by atoms with Crippen LogP contribution in [0.1, 0.15) is 40.5 Å². The van der Waals surface area contributed by atoms with Gasteiger partial charge in [-0.25, -0.2) is 23.3 Å². The van der Waals surface area contributed by atoms with E-state index in [-0.39, 0.29) is 14.9 Å². The van der Waals surface area contributed by atoms with Crippen LogP contribution < -0.4 is 0 Å². The predicted octanol–water partition coefficient (Wildman–Crippen LogP) is 5.18. The molecule has 0 bridgehead atoms. The molecule has 0 amide bonds. The Balaban J connectivity index is -0.000000236. The summed E-state index contributed by atoms with van der Waals surface area (Å²) in [6.45, 7) is 8.64. The fraction of sp³-hybridized carbons (Fsp3) is 0.444. The average Bonchev–Trinajstić information content (AvgIpc) is 3.01. The van der Waals surface area contributed by atoms with E-state index in [9.17, 15) is 0 Å². The van der Waals surface area contributed by atoms with Crippen molar-refractivity contribution in [3.8, 4) is 0 Å². The monoisotopic (exact) mass is 320 g/mol. The molecule has 2 aliphatic carbocycles. The molecule has 0 fully saturated rings. The van der Waals surface area contributed by atoms with Crippen LogP contribution >= 0.6 is 0 Å². The Bertz CT molecular complexity index is 316. The Labute approximate surface area is 141 Å². The zero-order valence-corrected chi connectivity index (χ0v) is 16.4. The summed E-state index contributed by atoms with van der Waals surface area (Å²) >= 11 is 1.81. The second-order valence-corrected chi connectivity index (χ2v) is 4.39. The van der Waals surface area contributed by atoms with Gasteiger partial charge in [-0.15, -0.1) is 0 Å². The Hall–Kier alpha value is -0.109. The quantitative estimate of drug-likeness (QED) is 0.486. The number of allylic oxidation sites excluding steroid dienone is 8. The van der Waals surface area contributed by atoms with Crippen molar-refractivity contribution in [1.82, 2.24) is 0 Å². The molecule has 0 aromatic rings. The standard InChI is InChI=1S/2C8H11.2CH3.Si.Ti/c2*1-3-8-5-4-7(2)6-8;;;;/h2*5-7H,3H2,1-2H3;2*1H3;;/q4*-1;;. The summed E-state index contributed by atoms with van der Waals surface area (Å²) in [5.41, 5.74) is 2.86. The van der Waals surface area contributed by atoms with Gasteiger partial charge in [0, 0.05) is 0 Å². The van der Waals surface area contributed by atoms with Crippen LogP contribution in [0.3, 0.4) is 0 Å². The van der Waals surface area contributed by atoms with Crippen LogP contribution in [0.5, 0.6) is 0 Å². The number of hydrogen-bond donors (Lipinski definition) is 0. The molecule has 20 heavy (non-hydrogen) atoms.